The van der Waals surface area contributed by atoms with Crippen molar-refractivity contribution in [3.8, 4) is 5.69 Å². The Morgan fingerprint density at radius 3 is 2.35 bits per heavy atom. The van der Waals surface area contributed by atoms with Crippen LogP contribution in [0, 0.1) is 0 Å². The molecule has 1 saturated carbocycles. The molecule has 4 heteroatoms. The lowest BCUT2D eigenvalue weighted by Gasteiger charge is -2.37. The van der Waals surface area contributed by atoms with E-state index in [2.05, 4.69) is 45.3 Å². The van der Waals surface area contributed by atoms with Crippen LogP contribution in [0.5, 0.6) is 0 Å². The van der Waals surface area contributed by atoms with E-state index in [-0.39, 0.29) is 5.41 Å². The van der Waals surface area contributed by atoms with Crippen molar-refractivity contribution in [1.82, 2.24) is 9.78 Å². The molecular weight excluding hydrogens is 314 g/mol. The summed E-state index contributed by atoms with van der Waals surface area (Å²) in [7, 11) is 0. The van der Waals surface area contributed by atoms with Gasteiger partial charge in [-0.2, -0.15) is 5.10 Å². The van der Waals surface area contributed by atoms with Crippen LogP contribution >= 0.6 is 15.9 Å². The summed E-state index contributed by atoms with van der Waals surface area (Å²) in [6, 6.07) is 10.7. The average molecular weight is 334 g/mol. The Morgan fingerprint density at radius 1 is 1.10 bits per heavy atom. The van der Waals surface area contributed by atoms with E-state index in [1.54, 1.807) is 6.20 Å². The maximum Gasteiger partial charge on any atom is 0.109 e. The molecule has 1 fully saturated rings. The molecule has 3 nitrogen and oxygen atoms in total. The summed E-state index contributed by atoms with van der Waals surface area (Å²) in [5.41, 5.74) is 8.75. The molecule has 1 aliphatic rings. The number of rotatable bonds is 3. The van der Waals surface area contributed by atoms with Crippen LogP contribution in [0.25, 0.3) is 5.69 Å². The number of hydrogen-bond acceptors (Lipinski definition) is 2. The van der Waals surface area contributed by atoms with E-state index in [0.717, 1.165) is 16.8 Å². The van der Waals surface area contributed by atoms with Crippen LogP contribution in [-0.4, -0.2) is 16.3 Å². The summed E-state index contributed by atoms with van der Waals surface area (Å²) in [6.07, 6.45) is 8.16. The van der Waals surface area contributed by atoms with E-state index >= 15 is 0 Å². The lowest BCUT2D eigenvalue weighted by molar-refractivity contribution is 0.301. The fourth-order valence-electron chi connectivity index (χ4n) is 3.27. The van der Waals surface area contributed by atoms with Crippen LogP contribution in [0.4, 0.5) is 0 Å². The van der Waals surface area contributed by atoms with E-state index in [1.807, 2.05) is 10.7 Å². The zero-order valence-electron chi connectivity index (χ0n) is 11.6. The molecule has 2 aromatic rings. The van der Waals surface area contributed by atoms with Crippen LogP contribution in [0.3, 0.4) is 0 Å². The van der Waals surface area contributed by atoms with Crippen molar-refractivity contribution < 1.29 is 0 Å². The second-order valence-electron chi connectivity index (χ2n) is 5.66. The van der Waals surface area contributed by atoms with Gasteiger partial charge in [-0.05, 0) is 52.5 Å². The Labute approximate surface area is 128 Å². The Balaban J connectivity index is 1.91. The van der Waals surface area contributed by atoms with Gasteiger partial charge in [0.05, 0.1) is 11.9 Å². The number of halogens is 1. The first-order valence-corrected chi connectivity index (χ1v) is 8.05. The third-order valence-corrected chi connectivity index (χ3v) is 5.12. The Morgan fingerprint density at radius 2 is 1.80 bits per heavy atom. The molecule has 1 heterocycles. The molecule has 1 aliphatic carbocycles. The zero-order chi connectivity index (χ0) is 14.0. The van der Waals surface area contributed by atoms with Crippen molar-refractivity contribution in [2.75, 3.05) is 6.54 Å². The smallest absolute Gasteiger partial charge is 0.109 e. The number of hydrogen-bond donors (Lipinski definition) is 1. The normalized spacial score (nSPS) is 18.1. The predicted octanol–water partition coefficient (Wildman–Crippen LogP) is 3.80. The largest absolute Gasteiger partial charge is 0.330 e. The molecule has 3 rings (SSSR count). The van der Waals surface area contributed by atoms with Crippen LogP contribution in [0.15, 0.2) is 41.1 Å². The Bertz CT molecular complexity index is 568. The van der Waals surface area contributed by atoms with E-state index in [1.165, 1.54) is 37.7 Å². The third-order valence-electron chi connectivity index (χ3n) is 4.52. The fraction of sp³-hybridized carbons (Fsp3) is 0.438. The molecule has 0 atom stereocenters. The lowest BCUT2D eigenvalue weighted by Crippen LogP contribution is -2.37. The lowest BCUT2D eigenvalue weighted by atomic mass is 9.69. The van der Waals surface area contributed by atoms with Gasteiger partial charge in [-0.1, -0.05) is 31.4 Å². The molecule has 2 N–H and O–H groups in total. The first-order chi connectivity index (χ1) is 9.75. The number of nitrogens with two attached hydrogens (primary N) is 1. The van der Waals surface area contributed by atoms with Crippen molar-refractivity contribution in [2.45, 2.75) is 37.5 Å². The topological polar surface area (TPSA) is 43.8 Å². The number of benzene rings is 1. The van der Waals surface area contributed by atoms with Crippen LogP contribution in [0.1, 0.15) is 37.7 Å². The molecule has 0 unspecified atom stereocenters. The third kappa shape index (κ3) is 2.42. The van der Waals surface area contributed by atoms with Gasteiger partial charge in [-0.25, -0.2) is 4.68 Å². The van der Waals surface area contributed by atoms with Crippen LogP contribution in [-0.2, 0) is 5.41 Å². The Kier molecular flexibility index (Phi) is 3.94. The summed E-state index contributed by atoms with van der Waals surface area (Å²) in [5, 5.41) is 4.31. The summed E-state index contributed by atoms with van der Waals surface area (Å²) in [6.45, 7) is 0.748. The minimum absolute atomic E-state index is 0.193. The summed E-state index contributed by atoms with van der Waals surface area (Å²) in [5.74, 6) is 0. The predicted molar refractivity (Wildman–Crippen MR) is 85.1 cm³/mol. The van der Waals surface area contributed by atoms with Gasteiger partial charge in [0.15, 0.2) is 0 Å². The monoisotopic (exact) mass is 333 g/mol. The summed E-state index contributed by atoms with van der Waals surface area (Å²) >= 11 is 3.50. The Hall–Kier alpha value is -1.13. The molecule has 0 aliphatic heterocycles. The van der Waals surface area contributed by atoms with Gasteiger partial charge in [-0.15, -0.1) is 0 Å². The second-order valence-corrected chi connectivity index (χ2v) is 6.47. The molecule has 0 spiro atoms. The minimum Gasteiger partial charge on any atom is -0.330 e. The second kappa shape index (κ2) is 5.70. The highest BCUT2D eigenvalue weighted by Crippen LogP contribution is 2.38. The van der Waals surface area contributed by atoms with Gasteiger partial charge in [0.25, 0.3) is 0 Å². The van der Waals surface area contributed by atoms with Crippen molar-refractivity contribution in [3.63, 3.8) is 0 Å². The van der Waals surface area contributed by atoms with Crippen molar-refractivity contribution in [3.05, 3.63) is 46.7 Å². The van der Waals surface area contributed by atoms with Gasteiger partial charge >= 0.3 is 0 Å². The van der Waals surface area contributed by atoms with Gasteiger partial charge in [-0.3, -0.25) is 0 Å². The van der Waals surface area contributed by atoms with Crippen LogP contribution < -0.4 is 5.73 Å². The molecule has 0 amide bonds. The average Bonchev–Trinajstić information content (AvgIpc) is 2.94. The van der Waals surface area contributed by atoms with Crippen molar-refractivity contribution >= 4 is 15.9 Å². The standard InChI is InChI=1S/C16H20BrN3/c17-15-8-11-19-20(15)14-6-4-13(5-7-14)16(12-18)9-2-1-3-10-16/h4-8,11H,1-3,9-10,12,18H2. The summed E-state index contributed by atoms with van der Waals surface area (Å²) in [4.78, 5) is 0. The quantitative estimate of drug-likeness (QED) is 0.928. The highest BCUT2D eigenvalue weighted by atomic mass is 79.9. The van der Waals surface area contributed by atoms with Gasteiger partial charge < -0.3 is 5.73 Å². The van der Waals surface area contributed by atoms with E-state index < -0.39 is 0 Å². The van der Waals surface area contributed by atoms with Gasteiger partial charge in [0.2, 0.25) is 0 Å². The molecular formula is C16H20BrN3. The van der Waals surface area contributed by atoms with E-state index in [4.69, 9.17) is 5.73 Å². The first kappa shape index (κ1) is 13.8. The van der Waals surface area contributed by atoms with Gasteiger partial charge in [0, 0.05) is 12.0 Å². The highest BCUT2D eigenvalue weighted by Gasteiger charge is 2.32. The fourth-order valence-corrected chi connectivity index (χ4v) is 3.69. The molecule has 1 aromatic heterocycles. The number of nitrogens with zero attached hydrogens (tertiary/aromatic N) is 2. The van der Waals surface area contributed by atoms with Crippen molar-refractivity contribution in [1.29, 1.82) is 0 Å². The van der Waals surface area contributed by atoms with Gasteiger partial charge in [0.1, 0.15) is 4.60 Å². The summed E-state index contributed by atoms with van der Waals surface area (Å²) < 4.78 is 2.86. The molecule has 0 saturated heterocycles. The first-order valence-electron chi connectivity index (χ1n) is 7.26. The van der Waals surface area contributed by atoms with E-state index in [0.29, 0.717) is 0 Å². The van der Waals surface area contributed by atoms with Crippen LogP contribution in [0.2, 0.25) is 0 Å². The molecule has 20 heavy (non-hydrogen) atoms. The number of aromatic nitrogens is 2. The zero-order valence-corrected chi connectivity index (χ0v) is 13.1. The molecule has 0 bridgehead atoms. The van der Waals surface area contributed by atoms with E-state index in [9.17, 15) is 0 Å². The highest BCUT2D eigenvalue weighted by molar-refractivity contribution is 9.10. The maximum atomic E-state index is 6.10. The molecule has 1 aromatic carbocycles. The SMILES string of the molecule is NCC1(c2ccc(-n3nccc3Br)cc2)CCCCC1. The molecule has 0 radical (unpaired) electrons. The maximum absolute atomic E-state index is 6.10. The van der Waals surface area contributed by atoms with Crippen molar-refractivity contribution in [2.24, 2.45) is 5.73 Å². The minimum atomic E-state index is 0.193. The molecule has 106 valence electrons.